The molecular formula is C20H24ClNO4. The third-order valence-electron chi connectivity index (χ3n) is 5.05. The van der Waals surface area contributed by atoms with Crippen molar-refractivity contribution < 1.29 is 19.7 Å². The second kappa shape index (κ2) is 8.27. The van der Waals surface area contributed by atoms with E-state index in [9.17, 15) is 10.2 Å². The molecule has 0 aliphatic carbocycles. The van der Waals surface area contributed by atoms with Crippen molar-refractivity contribution in [3.05, 3.63) is 58.6 Å². The van der Waals surface area contributed by atoms with Crippen LogP contribution in [0, 0.1) is 0 Å². The van der Waals surface area contributed by atoms with E-state index >= 15 is 0 Å². The molecule has 2 N–H and O–H groups in total. The zero-order valence-corrected chi connectivity index (χ0v) is 15.7. The molecule has 2 aromatic rings. The van der Waals surface area contributed by atoms with E-state index in [1.807, 2.05) is 42.5 Å². The van der Waals surface area contributed by atoms with Gasteiger partial charge in [-0.2, -0.15) is 0 Å². The van der Waals surface area contributed by atoms with Crippen LogP contribution in [0.5, 0.6) is 11.5 Å². The SMILES string of the molecule is COc1ccc(OC)c(CN2C[C@H](c3ccc(Cl)cc3)[C@@H](O)[C@H]2CO)c1. The molecule has 5 nitrogen and oxygen atoms in total. The van der Waals surface area contributed by atoms with E-state index in [2.05, 4.69) is 4.90 Å². The number of halogens is 1. The predicted octanol–water partition coefficient (Wildman–Crippen LogP) is 2.68. The Balaban J connectivity index is 1.84. The Morgan fingerprint density at radius 1 is 1.12 bits per heavy atom. The van der Waals surface area contributed by atoms with Crippen molar-refractivity contribution in [2.45, 2.75) is 24.6 Å². The number of hydrogen-bond acceptors (Lipinski definition) is 5. The minimum Gasteiger partial charge on any atom is -0.497 e. The van der Waals surface area contributed by atoms with E-state index in [1.165, 1.54) is 0 Å². The molecule has 1 fully saturated rings. The van der Waals surface area contributed by atoms with Crippen LogP contribution in [0.15, 0.2) is 42.5 Å². The van der Waals surface area contributed by atoms with Crippen molar-refractivity contribution in [2.24, 2.45) is 0 Å². The number of likely N-dealkylation sites (tertiary alicyclic amines) is 1. The van der Waals surface area contributed by atoms with Crippen LogP contribution in [0.2, 0.25) is 5.02 Å². The molecule has 1 saturated heterocycles. The predicted molar refractivity (Wildman–Crippen MR) is 101 cm³/mol. The van der Waals surface area contributed by atoms with Crippen molar-refractivity contribution in [3.8, 4) is 11.5 Å². The lowest BCUT2D eigenvalue weighted by molar-refractivity contribution is 0.0638. The highest BCUT2D eigenvalue weighted by Gasteiger charge is 2.41. The highest BCUT2D eigenvalue weighted by atomic mass is 35.5. The largest absolute Gasteiger partial charge is 0.497 e. The molecule has 3 rings (SSSR count). The van der Waals surface area contributed by atoms with Gasteiger partial charge in [0.2, 0.25) is 0 Å². The Labute approximate surface area is 158 Å². The summed E-state index contributed by atoms with van der Waals surface area (Å²) in [5.41, 5.74) is 1.97. The van der Waals surface area contributed by atoms with Crippen LogP contribution < -0.4 is 9.47 Å². The van der Waals surface area contributed by atoms with E-state index < -0.39 is 6.10 Å². The van der Waals surface area contributed by atoms with Crippen molar-refractivity contribution in [1.29, 1.82) is 0 Å². The van der Waals surface area contributed by atoms with Gasteiger partial charge in [0.25, 0.3) is 0 Å². The Kier molecular flexibility index (Phi) is 6.04. The molecule has 1 aliphatic rings. The number of nitrogens with zero attached hydrogens (tertiary/aromatic N) is 1. The lowest BCUT2D eigenvalue weighted by Crippen LogP contribution is -2.38. The summed E-state index contributed by atoms with van der Waals surface area (Å²) >= 11 is 5.97. The van der Waals surface area contributed by atoms with Crippen molar-refractivity contribution >= 4 is 11.6 Å². The van der Waals surface area contributed by atoms with Crippen LogP contribution in [0.1, 0.15) is 17.0 Å². The maximum Gasteiger partial charge on any atom is 0.123 e. The van der Waals surface area contributed by atoms with Gasteiger partial charge in [-0.25, -0.2) is 0 Å². The number of aliphatic hydroxyl groups excluding tert-OH is 2. The maximum atomic E-state index is 10.8. The highest BCUT2D eigenvalue weighted by molar-refractivity contribution is 6.30. The summed E-state index contributed by atoms with van der Waals surface area (Å²) in [7, 11) is 3.25. The minimum absolute atomic E-state index is 0.0824. The zero-order valence-electron chi connectivity index (χ0n) is 14.9. The minimum atomic E-state index is -0.655. The second-order valence-electron chi connectivity index (χ2n) is 6.51. The fourth-order valence-electron chi connectivity index (χ4n) is 3.62. The second-order valence-corrected chi connectivity index (χ2v) is 6.94. The van der Waals surface area contributed by atoms with Gasteiger partial charge in [-0.3, -0.25) is 4.90 Å². The first-order valence-corrected chi connectivity index (χ1v) is 8.94. The first-order valence-electron chi connectivity index (χ1n) is 8.56. The number of rotatable bonds is 6. The number of methoxy groups -OCH3 is 2. The van der Waals surface area contributed by atoms with Crippen molar-refractivity contribution in [3.63, 3.8) is 0 Å². The monoisotopic (exact) mass is 377 g/mol. The summed E-state index contributed by atoms with van der Waals surface area (Å²) in [4.78, 5) is 2.08. The lowest BCUT2D eigenvalue weighted by atomic mass is 9.94. The van der Waals surface area contributed by atoms with Gasteiger partial charge in [0.05, 0.1) is 33.0 Å². The van der Waals surface area contributed by atoms with Crippen LogP contribution in [-0.2, 0) is 6.54 Å². The summed E-state index contributed by atoms with van der Waals surface area (Å²) in [6.07, 6.45) is -0.655. The molecule has 6 heteroatoms. The molecule has 0 amide bonds. The summed E-state index contributed by atoms with van der Waals surface area (Å²) in [5, 5.41) is 21.3. The summed E-state index contributed by atoms with van der Waals surface area (Å²) in [6.45, 7) is 1.07. The van der Waals surface area contributed by atoms with E-state index in [1.54, 1.807) is 14.2 Å². The average Bonchev–Trinajstić information content (AvgIpc) is 2.97. The first kappa shape index (κ1) is 19.0. The van der Waals surface area contributed by atoms with Crippen molar-refractivity contribution in [2.75, 3.05) is 27.4 Å². The van der Waals surface area contributed by atoms with Crippen molar-refractivity contribution in [1.82, 2.24) is 4.90 Å². The quantitative estimate of drug-likeness (QED) is 0.810. The lowest BCUT2D eigenvalue weighted by Gasteiger charge is -2.25. The van der Waals surface area contributed by atoms with Crippen LogP contribution in [0.25, 0.3) is 0 Å². The Morgan fingerprint density at radius 2 is 1.85 bits per heavy atom. The molecular weight excluding hydrogens is 354 g/mol. The molecule has 26 heavy (non-hydrogen) atoms. The van der Waals surface area contributed by atoms with Gasteiger partial charge in [-0.1, -0.05) is 23.7 Å². The van der Waals surface area contributed by atoms with Gasteiger partial charge in [0.1, 0.15) is 11.5 Å². The van der Waals surface area contributed by atoms with Crippen LogP contribution in [0.3, 0.4) is 0 Å². The molecule has 0 unspecified atom stereocenters. The molecule has 0 radical (unpaired) electrons. The Hall–Kier alpha value is -1.79. The van der Waals surface area contributed by atoms with E-state index in [0.29, 0.717) is 18.1 Å². The topological polar surface area (TPSA) is 62.2 Å². The first-order chi connectivity index (χ1) is 12.6. The van der Waals surface area contributed by atoms with Gasteiger partial charge < -0.3 is 19.7 Å². The maximum absolute atomic E-state index is 10.8. The Bertz CT molecular complexity index is 737. The van der Waals surface area contributed by atoms with Crippen LogP contribution in [-0.4, -0.2) is 54.6 Å². The fourth-order valence-corrected chi connectivity index (χ4v) is 3.75. The summed E-state index contributed by atoms with van der Waals surface area (Å²) in [6, 6.07) is 12.8. The van der Waals surface area contributed by atoms with E-state index in [-0.39, 0.29) is 18.6 Å². The molecule has 1 heterocycles. The van der Waals surface area contributed by atoms with E-state index in [0.717, 1.165) is 22.6 Å². The third-order valence-corrected chi connectivity index (χ3v) is 5.30. The molecule has 0 bridgehead atoms. The van der Waals surface area contributed by atoms with Gasteiger partial charge in [-0.05, 0) is 35.9 Å². The number of aliphatic hydroxyl groups is 2. The molecule has 2 aromatic carbocycles. The smallest absolute Gasteiger partial charge is 0.123 e. The van der Waals surface area contributed by atoms with Crippen LogP contribution in [0.4, 0.5) is 0 Å². The third kappa shape index (κ3) is 3.81. The molecule has 0 saturated carbocycles. The average molecular weight is 378 g/mol. The van der Waals surface area contributed by atoms with Gasteiger partial charge in [0.15, 0.2) is 0 Å². The molecule has 0 aromatic heterocycles. The molecule has 3 atom stereocenters. The molecule has 1 aliphatic heterocycles. The highest BCUT2D eigenvalue weighted by Crippen LogP contribution is 2.35. The summed E-state index contributed by atoms with van der Waals surface area (Å²) in [5.74, 6) is 1.42. The molecule has 140 valence electrons. The van der Waals surface area contributed by atoms with E-state index in [4.69, 9.17) is 21.1 Å². The number of hydrogen-bond donors (Lipinski definition) is 2. The van der Waals surface area contributed by atoms with Gasteiger partial charge in [-0.15, -0.1) is 0 Å². The Morgan fingerprint density at radius 3 is 2.46 bits per heavy atom. The van der Waals surface area contributed by atoms with Gasteiger partial charge in [0, 0.05) is 29.6 Å². The standard InChI is InChI=1S/C20H24ClNO4/c1-25-16-7-8-19(26-2)14(9-16)10-22-11-17(20(24)18(22)12-23)13-3-5-15(21)6-4-13/h3-9,17-18,20,23-24H,10-12H2,1-2H3/t17-,18-,20-/m1/s1. The fraction of sp³-hybridized carbons (Fsp3) is 0.400. The van der Waals surface area contributed by atoms with Gasteiger partial charge >= 0.3 is 0 Å². The van der Waals surface area contributed by atoms with Crippen LogP contribution >= 0.6 is 11.6 Å². The summed E-state index contributed by atoms with van der Waals surface area (Å²) < 4.78 is 10.8. The molecule has 0 spiro atoms. The normalized spacial score (nSPS) is 23.2. The number of benzene rings is 2. The zero-order chi connectivity index (χ0) is 18.7. The number of ether oxygens (including phenoxy) is 2.